The van der Waals surface area contributed by atoms with Gasteiger partial charge in [0, 0.05) is 18.5 Å². The average molecular weight is 486 g/mol. The number of hydrogen-bond acceptors (Lipinski definition) is 4. The molecule has 1 saturated heterocycles. The van der Waals surface area contributed by atoms with Gasteiger partial charge in [-0.25, -0.2) is 14.2 Å². The molecule has 2 aromatic heterocycles. The molecular formula is C19H19BrClFN4O3. The van der Waals surface area contributed by atoms with Gasteiger partial charge in [0.15, 0.2) is 11.3 Å². The summed E-state index contributed by atoms with van der Waals surface area (Å²) in [5.41, 5.74) is -0.315. The molecule has 10 heteroatoms. The molecule has 1 amide bonds. The number of fused-ring (bicyclic) bond motifs is 3. The zero-order valence-corrected chi connectivity index (χ0v) is 18.4. The van der Waals surface area contributed by atoms with E-state index >= 15 is 0 Å². The van der Waals surface area contributed by atoms with Crippen LogP contribution in [0.15, 0.2) is 21.7 Å². The summed E-state index contributed by atoms with van der Waals surface area (Å²) >= 11 is 9.26. The van der Waals surface area contributed by atoms with Crippen molar-refractivity contribution in [1.29, 1.82) is 0 Å². The number of ether oxygens (including phenoxy) is 1. The minimum atomic E-state index is -0.638. The summed E-state index contributed by atoms with van der Waals surface area (Å²) < 4.78 is 22.1. The molecule has 1 atom stereocenters. The highest BCUT2D eigenvalue weighted by atomic mass is 79.9. The first-order valence-electron chi connectivity index (χ1n) is 9.11. The number of aromatic amines is 1. The molecule has 4 rings (SSSR count). The molecule has 1 aliphatic rings. The van der Waals surface area contributed by atoms with Crippen LogP contribution in [0.25, 0.3) is 21.9 Å². The van der Waals surface area contributed by atoms with Crippen LogP contribution < -0.4 is 5.56 Å². The van der Waals surface area contributed by atoms with Crippen molar-refractivity contribution in [3.63, 3.8) is 0 Å². The quantitative estimate of drug-likeness (QED) is 0.510. The average Bonchev–Trinajstić information content (AvgIpc) is 3.26. The Morgan fingerprint density at radius 3 is 2.86 bits per heavy atom. The molecule has 7 nitrogen and oxygen atoms in total. The second-order valence-corrected chi connectivity index (χ2v) is 9.28. The van der Waals surface area contributed by atoms with Gasteiger partial charge in [-0.05, 0) is 49.2 Å². The topological polar surface area (TPSA) is 80.2 Å². The lowest BCUT2D eigenvalue weighted by Gasteiger charge is -2.24. The van der Waals surface area contributed by atoms with Gasteiger partial charge in [0.05, 0.1) is 32.9 Å². The van der Waals surface area contributed by atoms with Crippen molar-refractivity contribution in [2.45, 2.75) is 38.8 Å². The van der Waals surface area contributed by atoms with Gasteiger partial charge in [-0.3, -0.25) is 4.79 Å². The summed E-state index contributed by atoms with van der Waals surface area (Å²) in [6, 6.07) is 1.48. The van der Waals surface area contributed by atoms with Crippen molar-refractivity contribution in [3.05, 3.63) is 38.1 Å². The van der Waals surface area contributed by atoms with E-state index in [9.17, 15) is 14.0 Å². The highest BCUT2D eigenvalue weighted by Crippen LogP contribution is 2.35. The van der Waals surface area contributed by atoms with Gasteiger partial charge in [-0.1, -0.05) is 11.6 Å². The maximum Gasteiger partial charge on any atom is 0.410 e. The molecule has 3 heterocycles. The molecule has 3 aromatic rings. The van der Waals surface area contributed by atoms with Crippen LogP contribution in [0.4, 0.5) is 9.18 Å². The van der Waals surface area contributed by atoms with Crippen LogP contribution in [0.5, 0.6) is 0 Å². The van der Waals surface area contributed by atoms with Gasteiger partial charge in [0.25, 0.3) is 5.56 Å². The second-order valence-electron chi connectivity index (χ2n) is 8.08. The lowest BCUT2D eigenvalue weighted by atomic mass is 10.1. The van der Waals surface area contributed by atoms with Crippen LogP contribution in [0, 0.1) is 5.82 Å². The zero-order valence-electron chi connectivity index (χ0n) is 16.1. The van der Waals surface area contributed by atoms with Gasteiger partial charge in [0.2, 0.25) is 0 Å². The number of benzene rings is 1. The van der Waals surface area contributed by atoms with Crippen molar-refractivity contribution < 1.29 is 13.9 Å². The minimum Gasteiger partial charge on any atom is -0.444 e. The Morgan fingerprint density at radius 2 is 2.17 bits per heavy atom. The number of carbonyl (C=O) groups excluding carboxylic acids is 1. The van der Waals surface area contributed by atoms with Crippen molar-refractivity contribution in [2.24, 2.45) is 0 Å². The summed E-state index contributed by atoms with van der Waals surface area (Å²) in [5.74, 6) is -0.638. The predicted octanol–water partition coefficient (Wildman–Crippen LogP) is 4.61. The van der Waals surface area contributed by atoms with Crippen LogP contribution >= 0.6 is 27.5 Å². The molecule has 1 unspecified atom stereocenters. The molecule has 1 N–H and O–H groups in total. The maximum atomic E-state index is 14.7. The van der Waals surface area contributed by atoms with Gasteiger partial charge in [-0.15, -0.1) is 0 Å². The van der Waals surface area contributed by atoms with Crippen molar-refractivity contribution in [1.82, 2.24) is 19.4 Å². The van der Waals surface area contributed by atoms with Gasteiger partial charge >= 0.3 is 6.09 Å². The predicted molar refractivity (Wildman–Crippen MR) is 112 cm³/mol. The Kier molecular flexibility index (Phi) is 4.85. The SMILES string of the molecule is CC(C)(C)OC(=O)N1CCC(n2cnc3c(=O)[nH]c4c(F)c(Br)c(Cl)cc4c32)C1. The summed E-state index contributed by atoms with van der Waals surface area (Å²) in [5, 5.41) is 0.649. The van der Waals surface area contributed by atoms with Crippen molar-refractivity contribution in [2.75, 3.05) is 13.1 Å². The summed E-state index contributed by atoms with van der Waals surface area (Å²) in [6.45, 7) is 6.37. The fourth-order valence-corrected chi connectivity index (χ4v) is 4.11. The summed E-state index contributed by atoms with van der Waals surface area (Å²) in [7, 11) is 0. The van der Waals surface area contributed by atoms with Crippen LogP contribution in [-0.4, -0.2) is 44.2 Å². The summed E-state index contributed by atoms with van der Waals surface area (Å²) in [4.78, 5) is 33.3. The fraction of sp³-hybridized carbons (Fsp3) is 0.421. The molecular weight excluding hydrogens is 467 g/mol. The number of nitrogens with one attached hydrogen (secondary N) is 1. The van der Waals surface area contributed by atoms with E-state index in [1.165, 1.54) is 0 Å². The number of H-pyrrole nitrogens is 1. The van der Waals surface area contributed by atoms with Crippen LogP contribution in [0.2, 0.25) is 5.02 Å². The molecule has 0 spiro atoms. The monoisotopic (exact) mass is 484 g/mol. The van der Waals surface area contributed by atoms with Crippen LogP contribution in [-0.2, 0) is 4.74 Å². The molecule has 0 bridgehead atoms. The van der Waals surface area contributed by atoms with Crippen LogP contribution in [0.3, 0.4) is 0 Å². The molecule has 1 aromatic carbocycles. The number of amides is 1. The molecule has 154 valence electrons. The third kappa shape index (κ3) is 3.50. The largest absolute Gasteiger partial charge is 0.444 e. The van der Waals surface area contributed by atoms with E-state index in [0.29, 0.717) is 30.4 Å². The van der Waals surface area contributed by atoms with Crippen molar-refractivity contribution in [3.8, 4) is 0 Å². The Bertz CT molecular complexity index is 1200. The number of pyridine rings is 1. The first-order chi connectivity index (χ1) is 13.6. The number of aromatic nitrogens is 3. The number of halogens is 3. The number of imidazole rings is 1. The van der Waals surface area contributed by atoms with Crippen LogP contribution in [0.1, 0.15) is 33.2 Å². The Balaban J connectivity index is 1.79. The molecule has 0 saturated carbocycles. The fourth-order valence-electron chi connectivity index (χ4n) is 3.61. The van der Waals surface area contributed by atoms with E-state index in [2.05, 4.69) is 25.9 Å². The Hall–Kier alpha value is -2.13. The lowest BCUT2D eigenvalue weighted by molar-refractivity contribution is 0.0289. The van der Waals surface area contributed by atoms with E-state index in [1.54, 1.807) is 17.3 Å². The maximum absolute atomic E-state index is 14.7. The van der Waals surface area contributed by atoms with E-state index in [4.69, 9.17) is 16.3 Å². The van der Waals surface area contributed by atoms with Gasteiger partial charge < -0.3 is 19.2 Å². The number of carbonyl (C=O) groups is 1. The third-order valence-electron chi connectivity index (χ3n) is 4.87. The van der Waals surface area contributed by atoms with E-state index in [-0.39, 0.29) is 32.7 Å². The van der Waals surface area contributed by atoms with Crippen molar-refractivity contribution >= 4 is 55.6 Å². The Labute approximate surface area is 178 Å². The number of nitrogens with zero attached hydrogens (tertiary/aromatic N) is 3. The number of rotatable bonds is 1. The number of likely N-dealkylation sites (tertiary alicyclic amines) is 1. The van der Waals surface area contributed by atoms with Gasteiger partial charge in [0.1, 0.15) is 5.60 Å². The lowest BCUT2D eigenvalue weighted by Crippen LogP contribution is -2.35. The molecule has 0 aliphatic carbocycles. The third-order valence-corrected chi connectivity index (χ3v) is 6.17. The van der Waals surface area contributed by atoms with Gasteiger partial charge in [-0.2, -0.15) is 0 Å². The second kappa shape index (κ2) is 6.98. The Morgan fingerprint density at radius 1 is 1.45 bits per heavy atom. The first-order valence-corrected chi connectivity index (χ1v) is 10.3. The standard InChI is InChI=1S/C19H19BrClFN4O3/c1-19(2,3)29-18(28)25-5-4-9(7-25)26-8-23-15-16(26)10-6-11(21)12(20)13(22)14(10)24-17(15)27/h6,8-9H,4-5,7H2,1-3H3,(H,24,27). The molecule has 0 radical (unpaired) electrons. The highest BCUT2D eigenvalue weighted by Gasteiger charge is 2.32. The van der Waals surface area contributed by atoms with E-state index in [0.717, 1.165) is 0 Å². The zero-order chi connectivity index (χ0) is 21.1. The van der Waals surface area contributed by atoms with E-state index in [1.807, 2.05) is 25.3 Å². The molecule has 1 fully saturated rings. The normalized spacial score (nSPS) is 17.4. The highest BCUT2D eigenvalue weighted by molar-refractivity contribution is 9.10. The summed E-state index contributed by atoms with van der Waals surface area (Å²) in [6.07, 6.45) is 1.83. The first kappa shape index (κ1) is 20.2. The number of hydrogen-bond donors (Lipinski definition) is 1. The molecule has 29 heavy (non-hydrogen) atoms. The van der Waals surface area contributed by atoms with E-state index < -0.39 is 17.0 Å². The minimum absolute atomic E-state index is 0.0579. The smallest absolute Gasteiger partial charge is 0.410 e. The molecule has 1 aliphatic heterocycles.